The molecule has 226 valence electrons. The molecule has 0 aliphatic carbocycles. The Morgan fingerprint density at radius 3 is 2.34 bits per heavy atom. The number of anilines is 3. The van der Waals surface area contributed by atoms with Crippen molar-refractivity contribution in [3.05, 3.63) is 93.8 Å². The van der Waals surface area contributed by atoms with Crippen LogP contribution in [0, 0.1) is 0 Å². The van der Waals surface area contributed by atoms with Gasteiger partial charge in [0.25, 0.3) is 11.7 Å². The fraction of sp³-hybridized carbons (Fsp3) is 0.242. The molecule has 0 saturated heterocycles. The predicted octanol–water partition coefficient (Wildman–Crippen LogP) is 5.90. The van der Waals surface area contributed by atoms with Crippen molar-refractivity contribution >= 4 is 63.5 Å². The highest BCUT2D eigenvalue weighted by Gasteiger charge is 2.44. The van der Waals surface area contributed by atoms with E-state index >= 15 is 0 Å². The van der Waals surface area contributed by atoms with Gasteiger partial charge in [-0.25, -0.2) is 4.98 Å². The Labute approximate surface area is 265 Å². The molecule has 1 atom stereocenters. The Kier molecular flexibility index (Phi) is 8.85. The second-order valence-corrected chi connectivity index (χ2v) is 12.3. The molecule has 9 nitrogen and oxygen atoms in total. The molecule has 3 aromatic carbocycles. The van der Waals surface area contributed by atoms with Gasteiger partial charge in [-0.3, -0.25) is 24.1 Å². The summed E-state index contributed by atoms with van der Waals surface area (Å²) in [6.45, 7) is 3.15. The van der Waals surface area contributed by atoms with E-state index in [-0.39, 0.29) is 24.4 Å². The zero-order valence-electron chi connectivity index (χ0n) is 24.8. The number of amides is 3. The van der Waals surface area contributed by atoms with Crippen molar-refractivity contribution in [3.8, 4) is 11.3 Å². The van der Waals surface area contributed by atoms with Gasteiger partial charge in [-0.15, -0.1) is 11.3 Å². The maximum Gasteiger partial charge on any atom is 0.299 e. The number of Topliss-reactive ketones (excluding diaryl/α,β-unsaturated/α-hetero) is 1. The van der Waals surface area contributed by atoms with Crippen LogP contribution >= 0.6 is 22.9 Å². The summed E-state index contributed by atoms with van der Waals surface area (Å²) < 4.78 is 0. The van der Waals surface area contributed by atoms with Crippen molar-refractivity contribution < 1.29 is 19.2 Å². The molecule has 0 spiro atoms. The average Bonchev–Trinajstić information content (AvgIpc) is 3.59. The van der Waals surface area contributed by atoms with E-state index in [2.05, 4.69) is 5.32 Å². The predicted molar refractivity (Wildman–Crippen MR) is 174 cm³/mol. The third-order valence-electron chi connectivity index (χ3n) is 7.87. The van der Waals surface area contributed by atoms with E-state index in [1.54, 1.807) is 55.5 Å². The molecule has 44 heavy (non-hydrogen) atoms. The van der Waals surface area contributed by atoms with Crippen LogP contribution < -0.4 is 15.1 Å². The molecule has 5 rings (SSSR count). The van der Waals surface area contributed by atoms with Crippen LogP contribution in [0.15, 0.2) is 78.2 Å². The molecule has 11 heteroatoms. The number of nitrogens with zero attached hydrogens (tertiary/aromatic N) is 4. The number of hydrogen-bond donors (Lipinski definition) is 1. The lowest BCUT2D eigenvalue weighted by molar-refractivity contribution is -0.145. The molecule has 1 N–H and O–H groups in total. The highest BCUT2D eigenvalue weighted by molar-refractivity contribution is 7.09. The average molecular weight is 630 g/mol. The summed E-state index contributed by atoms with van der Waals surface area (Å²) in [6.07, 6.45) is 0.277. The molecule has 0 bridgehead atoms. The van der Waals surface area contributed by atoms with Gasteiger partial charge in [0, 0.05) is 41.4 Å². The van der Waals surface area contributed by atoms with E-state index in [4.69, 9.17) is 16.6 Å². The first kappa shape index (κ1) is 30.9. The normalized spacial score (nSPS) is 13.8. The standard InChI is InChI=1S/C33H32ClN5O4S/c1-5-33(2,32(43)35-23-14-16-24(17-15-23)37(3)4)39(18-28-36-26(20-44-28)21-10-12-22(34)13-11-21)29(40)19-38-27-9-7-6-8-25(27)30(41)31(38)42/h6-17,20H,5,18-19H2,1-4H3,(H,35,43). The number of rotatable bonds is 10. The van der Waals surface area contributed by atoms with E-state index in [1.807, 2.05) is 55.6 Å². The van der Waals surface area contributed by atoms with E-state index < -0.39 is 29.7 Å². The second-order valence-electron chi connectivity index (χ2n) is 10.9. The van der Waals surface area contributed by atoms with Gasteiger partial charge in [-0.2, -0.15) is 0 Å². The Bertz CT molecular complexity index is 1720. The van der Waals surface area contributed by atoms with Crippen LogP contribution in [-0.4, -0.2) is 59.6 Å². The summed E-state index contributed by atoms with van der Waals surface area (Å²) >= 11 is 7.42. The molecule has 2 heterocycles. The minimum Gasteiger partial charge on any atom is -0.378 e. The molecular formula is C33H32ClN5O4S. The van der Waals surface area contributed by atoms with Gasteiger partial charge < -0.3 is 15.1 Å². The Morgan fingerprint density at radius 1 is 1.00 bits per heavy atom. The van der Waals surface area contributed by atoms with Gasteiger partial charge in [0.2, 0.25) is 11.8 Å². The minimum atomic E-state index is -1.32. The number of para-hydroxylation sites is 1. The van der Waals surface area contributed by atoms with E-state index in [0.29, 0.717) is 27.1 Å². The number of fused-ring (bicyclic) bond motifs is 1. The molecule has 0 fully saturated rings. The van der Waals surface area contributed by atoms with E-state index in [0.717, 1.165) is 11.3 Å². The zero-order chi connectivity index (χ0) is 31.6. The molecule has 1 aromatic heterocycles. The molecular weight excluding hydrogens is 598 g/mol. The quantitative estimate of drug-likeness (QED) is 0.219. The fourth-order valence-corrected chi connectivity index (χ4v) is 5.94. The van der Waals surface area contributed by atoms with Crippen molar-refractivity contribution in [2.45, 2.75) is 32.4 Å². The lowest BCUT2D eigenvalue weighted by Crippen LogP contribution is -2.58. The van der Waals surface area contributed by atoms with Crippen LogP contribution in [0.3, 0.4) is 0 Å². The smallest absolute Gasteiger partial charge is 0.299 e. The van der Waals surface area contributed by atoms with Crippen LogP contribution in [0.25, 0.3) is 11.3 Å². The molecule has 0 radical (unpaired) electrons. The van der Waals surface area contributed by atoms with Crippen LogP contribution in [0.2, 0.25) is 5.02 Å². The third kappa shape index (κ3) is 6.09. The van der Waals surface area contributed by atoms with Crippen LogP contribution in [0.5, 0.6) is 0 Å². The molecule has 3 amide bonds. The minimum absolute atomic E-state index is 0.0199. The Morgan fingerprint density at radius 2 is 1.68 bits per heavy atom. The largest absolute Gasteiger partial charge is 0.378 e. The van der Waals surface area contributed by atoms with Crippen molar-refractivity contribution in [1.29, 1.82) is 0 Å². The zero-order valence-corrected chi connectivity index (χ0v) is 26.4. The second kappa shape index (κ2) is 12.6. The van der Waals surface area contributed by atoms with Crippen molar-refractivity contribution in [2.24, 2.45) is 0 Å². The summed E-state index contributed by atoms with van der Waals surface area (Å²) in [5, 5.41) is 6.07. The van der Waals surface area contributed by atoms with Gasteiger partial charge in [-0.05, 0) is 61.9 Å². The highest BCUT2D eigenvalue weighted by Crippen LogP contribution is 2.32. The summed E-state index contributed by atoms with van der Waals surface area (Å²) in [4.78, 5) is 63.0. The van der Waals surface area contributed by atoms with E-state index in [1.165, 1.54) is 21.1 Å². The van der Waals surface area contributed by atoms with Crippen LogP contribution in [0.4, 0.5) is 17.1 Å². The number of thiazole rings is 1. The maximum absolute atomic E-state index is 14.2. The maximum atomic E-state index is 14.2. The third-order valence-corrected chi connectivity index (χ3v) is 8.96. The van der Waals surface area contributed by atoms with Gasteiger partial charge in [0.1, 0.15) is 17.1 Å². The Hall–Kier alpha value is -4.54. The van der Waals surface area contributed by atoms with Gasteiger partial charge in [0.05, 0.1) is 23.5 Å². The summed E-state index contributed by atoms with van der Waals surface area (Å²) in [6, 6.07) is 21.3. The monoisotopic (exact) mass is 629 g/mol. The number of hydrogen-bond acceptors (Lipinski definition) is 7. The van der Waals surface area contributed by atoms with Crippen LogP contribution in [-0.2, 0) is 20.9 Å². The number of carbonyl (C=O) groups is 4. The van der Waals surface area contributed by atoms with Crippen molar-refractivity contribution in [3.63, 3.8) is 0 Å². The first-order valence-electron chi connectivity index (χ1n) is 14.1. The van der Waals surface area contributed by atoms with Gasteiger partial charge >= 0.3 is 0 Å². The summed E-state index contributed by atoms with van der Waals surface area (Å²) in [5.41, 5.74) is 2.44. The molecule has 1 aliphatic heterocycles. The first-order valence-corrected chi connectivity index (χ1v) is 15.3. The van der Waals surface area contributed by atoms with Crippen molar-refractivity contribution in [2.75, 3.05) is 35.8 Å². The Balaban J connectivity index is 1.46. The number of benzene rings is 3. The van der Waals surface area contributed by atoms with E-state index in [9.17, 15) is 19.2 Å². The number of carbonyl (C=O) groups excluding carboxylic acids is 4. The number of nitrogens with one attached hydrogen (secondary N) is 1. The first-order chi connectivity index (χ1) is 21.0. The lowest BCUT2D eigenvalue weighted by atomic mass is 9.94. The number of aromatic nitrogens is 1. The fourth-order valence-electron chi connectivity index (χ4n) is 5.02. The molecule has 4 aromatic rings. The number of ketones is 1. The lowest BCUT2D eigenvalue weighted by Gasteiger charge is -2.39. The molecule has 1 unspecified atom stereocenters. The highest BCUT2D eigenvalue weighted by atomic mass is 35.5. The molecule has 0 saturated carbocycles. The summed E-state index contributed by atoms with van der Waals surface area (Å²) in [7, 11) is 3.86. The topological polar surface area (TPSA) is 103 Å². The number of halogens is 1. The van der Waals surface area contributed by atoms with Gasteiger partial charge in [0.15, 0.2) is 0 Å². The van der Waals surface area contributed by atoms with Gasteiger partial charge in [-0.1, -0.05) is 42.8 Å². The van der Waals surface area contributed by atoms with Crippen molar-refractivity contribution in [1.82, 2.24) is 9.88 Å². The molecule has 1 aliphatic rings. The summed E-state index contributed by atoms with van der Waals surface area (Å²) in [5.74, 6) is -2.31. The van der Waals surface area contributed by atoms with Crippen LogP contribution in [0.1, 0.15) is 35.6 Å². The SMILES string of the molecule is CCC(C)(C(=O)Nc1ccc(N(C)C)cc1)N(Cc1nc(-c2ccc(Cl)cc2)cs1)C(=O)CN1C(=O)C(=O)c2ccccc21.